The molecule has 0 fully saturated rings. The van der Waals surface area contributed by atoms with Gasteiger partial charge in [0, 0.05) is 6.92 Å². The molecule has 0 rings (SSSR count). The minimum Gasteiger partial charge on any atom is -0.323 e. The molecule has 0 aromatic carbocycles. The molecule has 0 saturated carbocycles. The van der Waals surface area contributed by atoms with Gasteiger partial charge in [0.2, 0.25) is 0 Å². The maximum Gasteiger partial charge on any atom is 0.280 e. The smallest absolute Gasteiger partial charge is 0.280 e. The van der Waals surface area contributed by atoms with E-state index >= 15 is 0 Å². The highest BCUT2D eigenvalue weighted by Gasteiger charge is 2.25. The quantitative estimate of drug-likeness (QED) is 0.420. The van der Waals surface area contributed by atoms with Crippen LogP contribution >= 0.6 is 0 Å². The molecular weight excluding hydrogens is 180 g/mol. The number of rotatable bonds is 9. The molecular formula is C11H18O3. The molecule has 0 aliphatic carbocycles. The van der Waals surface area contributed by atoms with Crippen LogP contribution in [0.3, 0.4) is 0 Å². The van der Waals surface area contributed by atoms with Crippen LogP contribution < -0.4 is 0 Å². The first-order valence-electron chi connectivity index (χ1n) is 4.43. The van der Waals surface area contributed by atoms with Crippen molar-refractivity contribution in [2.45, 2.75) is 12.9 Å². The Bertz CT molecular complexity index is 156. The van der Waals surface area contributed by atoms with Gasteiger partial charge >= 0.3 is 0 Å². The van der Waals surface area contributed by atoms with Gasteiger partial charge in [0.25, 0.3) is 5.97 Å². The summed E-state index contributed by atoms with van der Waals surface area (Å²) in [4.78, 5) is 0. The van der Waals surface area contributed by atoms with Gasteiger partial charge < -0.3 is 14.2 Å². The number of hydrogen-bond acceptors (Lipinski definition) is 3. The molecule has 80 valence electrons. The average molecular weight is 198 g/mol. The van der Waals surface area contributed by atoms with E-state index in [1.54, 1.807) is 25.2 Å². The summed E-state index contributed by atoms with van der Waals surface area (Å²) >= 11 is 0. The fourth-order valence-corrected chi connectivity index (χ4v) is 0.756. The van der Waals surface area contributed by atoms with Gasteiger partial charge in [0.1, 0.15) is 0 Å². The third-order valence-corrected chi connectivity index (χ3v) is 1.39. The maximum absolute atomic E-state index is 5.32. The van der Waals surface area contributed by atoms with E-state index in [-0.39, 0.29) is 0 Å². The Kier molecular flexibility index (Phi) is 7.02. The maximum atomic E-state index is 5.32. The SMILES string of the molecule is C=CCOC(C)(OCC=C)OCC=C. The molecule has 0 unspecified atom stereocenters. The third-order valence-electron chi connectivity index (χ3n) is 1.39. The predicted molar refractivity (Wildman–Crippen MR) is 56.9 cm³/mol. The van der Waals surface area contributed by atoms with E-state index in [1.807, 2.05) is 0 Å². The second-order valence-corrected chi connectivity index (χ2v) is 2.66. The molecule has 0 bridgehead atoms. The molecule has 0 aromatic heterocycles. The van der Waals surface area contributed by atoms with Gasteiger partial charge in [0.15, 0.2) is 0 Å². The van der Waals surface area contributed by atoms with Crippen LogP contribution in [0.15, 0.2) is 38.0 Å². The summed E-state index contributed by atoms with van der Waals surface area (Å²) in [7, 11) is 0. The van der Waals surface area contributed by atoms with Crippen molar-refractivity contribution < 1.29 is 14.2 Å². The van der Waals surface area contributed by atoms with Gasteiger partial charge in [-0.05, 0) is 0 Å². The molecule has 0 aromatic rings. The predicted octanol–water partition coefficient (Wildman–Crippen LogP) is 2.27. The molecule has 14 heavy (non-hydrogen) atoms. The summed E-state index contributed by atoms with van der Waals surface area (Å²) in [6.45, 7) is 13.4. The summed E-state index contributed by atoms with van der Waals surface area (Å²) in [6, 6.07) is 0. The summed E-state index contributed by atoms with van der Waals surface area (Å²) in [6.07, 6.45) is 4.90. The monoisotopic (exact) mass is 198 g/mol. The molecule has 0 aliphatic rings. The lowest BCUT2D eigenvalue weighted by Gasteiger charge is -2.28. The summed E-state index contributed by atoms with van der Waals surface area (Å²) in [5.41, 5.74) is 0. The van der Waals surface area contributed by atoms with Crippen molar-refractivity contribution >= 4 is 0 Å². The molecule has 0 heterocycles. The van der Waals surface area contributed by atoms with E-state index in [4.69, 9.17) is 14.2 Å². The highest BCUT2D eigenvalue weighted by molar-refractivity contribution is 4.70. The van der Waals surface area contributed by atoms with Crippen molar-refractivity contribution in [3.05, 3.63) is 38.0 Å². The summed E-state index contributed by atoms with van der Waals surface area (Å²) in [5.74, 6) is -1.06. The van der Waals surface area contributed by atoms with Crippen molar-refractivity contribution in [3.63, 3.8) is 0 Å². The van der Waals surface area contributed by atoms with Crippen LogP contribution in [-0.4, -0.2) is 25.8 Å². The van der Waals surface area contributed by atoms with Crippen LogP contribution in [0, 0.1) is 0 Å². The Labute approximate surface area is 85.7 Å². The Morgan fingerprint density at radius 3 is 1.36 bits per heavy atom. The van der Waals surface area contributed by atoms with Crippen LogP contribution in [0.4, 0.5) is 0 Å². The van der Waals surface area contributed by atoms with Crippen LogP contribution in [-0.2, 0) is 14.2 Å². The van der Waals surface area contributed by atoms with Crippen LogP contribution in [0.5, 0.6) is 0 Å². The minimum atomic E-state index is -1.06. The van der Waals surface area contributed by atoms with E-state index in [9.17, 15) is 0 Å². The first-order chi connectivity index (χ1) is 6.68. The van der Waals surface area contributed by atoms with Crippen molar-refractivity contribution in [2.75, 3.05) is 19.8 Å². The molecule has 3 heteroatoms. The van der Waals surface area contributed by atoms with Gasteiger partial charge in [-0.2, -0.15) is 0 Å². The van der Waals surface area contributed by atoms with Gasteiger partial charge in [-0.15, -0.1) is 19.7 Å². The molecule has 0 aliphatic heterocycles. The van der Waals surface area contributed by atoms with E-state index in [1.165, 1.54) is 0 Å². The molecule has 3 nitrogen and oxygen atoms in total. The van der Waals surface area contributed by atoms with Gasteiger partial charge in [-0.1, -0.05) is 18.2 Å². The van der Waals surface area contributed by atoms with E-state index < -0.39 is 5.97 Å². The van der Waals surface area contributed by atoms with E-state index in [2.05, 4.69) is 19.7 Å². The van der Waals surface area contributed by atoms with Crippen LogP contribution in [0.2, 0.25) is 0 Å². The first kappa shape index (κ1) is 13.1. The molecule has 0 radical (unpaired) electrons. The Hall–Kier alpha value is -0.900. The fraction of sp³-hybridized carbons (Fsp3) is 0.455. The minimum absolute atomic E-state index is 0.366. The fourth-order valence-electron chi connectivity index (χ4n) is 0.756. The van der Waals surface area contributed by atoms with Crippen LogP contribution in [0.1, 0.15) is 6.92 Å². The van der Waals surface area contributed by atoms with Gasteiger partial charge in [-0.3, -0.25) is 0 Å². The molecule has 0 amide bonds. The Morgan fingerprint density at radius 1 is 0.857 bits per heavy atom. The Morgan fingerprint density at radius 2 is 1.14 bits per heavy atom. The second kappa shape index (κ2) is 7.50. The van der Waals surface area contributed by atoms with Crippen molar-refractivity contribution in [2.24, 2.45) is 0 Å². The molecule has 0 atom stereocenters. The molecule has 0 N–H and O–H groups in total. The average Bonchev–Trinajstić information content (AvgIpc) is 2.21. The third kappa shape index (κ3) is 5.70. The normalized spacial score (nSPS) is 10.9. The van der Waals surface area contributed by atoms with E-state index in [0.717, 1.165) is 0 Å². The number of hydrogen-bond donors (Lipinski definition) is 0. The van der Waals surface area contributed by atoms with Crippen LogP contribution in [0.25, 0.3) is 0 Å². The van der Waals surface area contributed by atoms with Crippen molar-refractivity contribution in [1.29, 1.82) is 0 Å². The largest absolute Gasteiger partial charge is 0.323 e. The lowest BCUT2D eigenvalue weighted by atomic mass is 10.5. The standard InChI is InChI=1S/C11H18O3/c1-5-8-12-11(4,13-9-6-2)14-10-7-3/h5-7H,1-3,8-10H2,4H3. The zero-order valence-corrected chi connectivity index (χ0v) is 8.70. The lowest BCUT2D eigenvalue weighted by Crippen LogP contribution is -2.36. The highest BCUT2D eigenvalue weighted by Crippen LogP contribution is 2.14. The van der Waals surface area contributed by atoms with Crippen molar-refractivity contribution in [1.82, 2.24) is 0 Å². The van der Waals surface area contributed by atoms with Gasteiger partial charge in [-0.25, -0.2) is 0 Å². The highest BCUT2D eigenvalue weighted by atomic mass is 16.9. The summed E-state index contributed by atoms with van der Waals surface area (Å²) < 4.78 is 16.0. The first-order valence-corrected chi connectivity index (χ1v) is 4.43. The zero-order valence-electron chi connectivity index (χ0n) is 8.70. The van der Waals surface area contributed by atoms with E-state index in [0.29, 0.717) is 19.8 Å². The number of ether oxygens (including phenoxy) is 3. The zero-order chi connectivity index (χ0) is 10.9. The second-order valence-electron chi connectivity index (χ2n) is 2.66. The van der Waals surface area contributed by atoms with Gasteiger partial charge in [0.05, 0.1) is 19.8 Å². The lowest BCUT2D eigenvalue weighted by molar-refractivity contribution is -0.359. The van der Waals surface area contributed by atoms with Crippen molar-refractivity contribution in [3.8, 4) is 0 Å². The molecule has 0 spiro atoms. The molecule has 0 saturated heterocycles. The Balaban J connectivity index is 4.07. The topological polar surface area (TPSA) is 27.7 Å². The summed E-state index contributed by atoms with van der Waals surface area (Å²) in [5, 5.41) is 0.